The molecule has 2 aromatic heterocycles. The van der Waals surface area contributed by atoms with Crippen molar-refractivity contribution in [2.45, 2.75) is 25.8 Å². The zero-order valence-corrected chi connectivity index (χ0v) is 20.1. The minimum atomic E-state index is -1.05. The number of nitrogens with one attached hydrogen (secondary N) is 2. The van der Waals surface area contributed by atoms with Gasteiger partial charge in [-0.15, -0.1) is 5.10 Å². The number of carbonyl (C=O) groups excluding carboxylic acids is 2. The standard InChI is InChI=1S/C25H24N8O5/c34-23(10-7-18-3-1-2-4-22(18)33-16-28-31-32-33)26-15-21-13-19(14-27-30-21)17-5-8-20(9-6-17)29-25(37)38-12-11-24(35)36/h1-6,8-9,13-14,16H,7,10-12,15H2,(H,26,34)(H,29,37)(H,35,36). The molecule has 2 amide bonds. The number of amides is 2. The van der Waals surface area contributed by atoms with E-state index in [1.807, 2.05) is 30.3 Å². The van der Waals surface area contributed by atoms with E-state index in [-0.39, 0.29) is 31.9 Å². The van der Waals surface area contributed by atoms with Gasteiger partial charge in [0.2, 0.25) is 5.91 Å². The average molecular weight is 517 g/mol. The van der Waals surface area contributed by atoms with Gasteiger partial charge in [0.15, 0.2) is 0 Å². The summed E-state index contributed by atoms with van der Waals surface area (Å²) in [6.45, 7) is 0.00535. The highest BCUT2D eigenvalue weighted by Gasteiger charge is 2.10. The Bertz CT molecular complexity index is 1390. The summed E-state index contributed by atoms with van der Waals surface area (Å²) in [6.07, 6.45) is 2.90. The number of hydrogen-bond donors (Lipinski definition) is 3. The summed E-state index contributed by atoms with van der Waals surface area (Å²) < 4.78 is 6.37. The van der Waals surface area contributed by atoms with Gasteiger partial charge < -0.3 is 15.2 Å². The number of tetrazole rings is 1. The highest BCUT2D eigenvalue weighted by molar-refractivity contribution is 5.85. The van der Waals surface area contributed by atoms with E-state index >= 15 is 0 Å². The molecule has 0 bridgehead atoms. The summed E-state index contributed by atoms with van der Waals surface area (Å²) in [7, 11) is 0. The van der Waals surface area contributed by atoms with Crippen molar-refractivity contribution in [1.82, 2.24) is 35.7 Å². The molecule has 2 aromatic carbocycles. The van der Waals surface area contributed by atoms with Crippen LogP contribution in [0.4, 0.5) is 10.5 Å². The number of carboxylic acid groups (broad SMARTS) is 1. The van der Waals surface area contributed by atoms with Crippen molar-refractivity contribution < 1.29 is 24.2 Å². The first-order valence-corrected chi connectivity index (χ1v) is 11.6. The number of carbonyl (C=O) groups is 3. The van der Waals surface area contributed by atoms with Gasteiger partial charge in [-0.1, -0.05) is 30.3 Å². The van der Waals surface area contributed by atoms with Crippen LogP contribution in [0, 0.1) is 0 Å². The molecule has 4 rings (SSSR count). The zero-order chi connectivity index (χ0) is 26.7. The molecule has 4 aromatic rings. The van der Waals surface area contributed by atoms with Gasteiger partial charge in [-0.2, -0.15) is 10.2 Å². The fraction of sp³-hybridized carbons (Fsp3) is 0.200. The van der Waals surface area contributed by atoms with Crippen molar-refractivity contribution >= 4 is 23.7 Å². The Morgan fingerprint density at radius 1 is 0.974 bits per heavy atom. The first-order chi connectivity index (χ1) is 18.5. The maximum Gasteiger partial charge on any atom is 0.411 e. The Hall–Kier alpha value is -5.20. The lowest BCUT2D eigenvalue weighted by atomic mass is 10.1. The van der Waals surface area contributed by atoms with Crippen LogP contribution in [0.25, 0.3) is 16.8 Å². The third-order valence-corrected chi connectivity index (χ3v) is 5.39. The molecule has 13 nitrogen and oxygen atoms in total. The van der Waals surface area contributed by atoms with E-state index in [0.717, 1.165) is 22.4 Å². The molecule has 0 aliphatic heterocycles. The Labute approximate surface area is 216 Å². The van der Waals surface area contributed by atoms with Crippen LogP contribution in [0.2, 0.25) is 0 Å². The largest absolute Gasteiger partial charge is 0.481 e. The molecule has 194 valence electrons. The average Bonchev–Trinajstić information content (AvgIpc) is 3.46. The molecule has 0 aliphatic carbocycles. The normalized spacial score (nSPS) is 10.5. The quantitative estimate of drug-likeness (QED) is 0.268. The maximum absolute atomic E-state index is 12.5. The third-order valence-electron chi connectivity index (χ3n) is 5.39. The molecule has 38 heavy (non-hydrogen) atoms. The smallest absolute Gasteiger partial charge is 0.411 e. The predicted molar refractivity (Wildman–Crippen MR) is 134 cm³/mol. The number of aliphatic carboxylic acids is 1. The van der Waals surface area contributed by atoms with Gasteiger partial charge in [0.25, 0.3) is 0 Å². The van der Waals surface area contributed by atoms with Crippen molar-refractivity contribution in [2.75, 3.05) is 11.9 Å². The summed E-state index contributed by atoms with van der Waals surface area (Å²) in [5.41, 5.74) is 4.47. The summed E-state index contributed by atoms with van der Waals surface area (Å²) in [5.74, 6) is -1.18. The van der Waals surface area contributed by atoms with E-state index < -0.39 is 12.1 Å². The summed E-state index contributed by atoms with van der Waals surface area (Å²) >= 11 is 0. The van der Waals surface area contributed by atoms with Crippen LogP contribution in [0.15, 0.2) is 67.1 Å². The number of anilines is 1. The van der Waals surface area contributed by atoms with Gasteiger partial charge in [0, 0.05) is 17.7 Å². The van der Waals surface area contributed by atoms with E-state index in [0.29, 0.717) is 17.8 Å². The molecule has 0 aliphatic rings. The number of benzene rings is 2. The van der Waals surface area contributed by atoms with Gasteiger partial charge in [-0.25, -0.2) is 9.48 Å². The van der Waals surface area contributed by atoms with Crippen LogP contribution in [-0.4, -0.2) is 60.1 Å². The minimum absolute atomic E-state index is 0.130. The van der Waals surface area contributed by atoms with Gasteiger partial charge in [0.1, 0.15) is 12.9 Å². The molecule has 13 heteroatoms. The lowest BCUT2D eigenvalue weighted by Crippen LogP contribution is -2.23. The molecule has 0 saturated carbocycles. The first kappa shape index (κ1) is 25.9. The van der Waals surface area contributed by atoms with E-state index in [1.165, 1.54) is 6.33 Å². The molecule has 0 saturated heterocycles. The molecule has 0 atom stereocenters. The Kier molecular flexibility index (Phi) is 8.63. The van der Waals surface area contributed by atoms with Gasteiger partial charge in [0.05, 0.1) is 30.5 Å². The fourth-order valence-corrected chi connectivity index (χ4v) is 3.53. The fourth-order valence-electron chi connectivity index (χ4n) is 3.53. The monoisotopic (exact) mass is 516 g/mol. The van der Waals surface area contributed by atoms with Crippen LogP contribution in [0.3, 0.4) is 0 Å². The van der Waals surface area contributed by atoms with E-state index in [1.54, 1.807) is 35.1 Å². The Morgan fingerprint density at radius 3 is 2.55 bits per heavy atom. The van der Waals surface area contributed by atoms with Gasteiger partial charge >= 0.3 is 12.1 Å². The molecule has 3 N–H and O–H groups in total. The first-order valence-electron chi connectivity index (χ1n) is 11.6. The number of para-hydroxylation sites is 1. The minimum Gasteiger partial charge on any atom is -0.481 e. The second kappa shape index (κ2) is 12.7. The summed E-state index contributed by atoms with van der Waals surface area (Å²) in [5, 5.41) is 33.4. The SMILES string of the molecule is O=C(O)CCOC(=O)Nc1ccc(-c2cnnc(CNC(=O)CCc3ccccc3-n3cnnn3)c2)cc1. The number of ether oxygens (including phenoxy) is 1. The number of hydrogen-bond acceptors (Lipinski definition) is 9. The molecular weight excluding hydrogens is 492 g/mol. The number of nitrogens with zero attached hydrogens (tertiary/aromatic N) is 6. The number of aryl methyl sites for hydroxylation is 1. The maximum atomic E-state index is 12.5. The number of carboxylic acids is 1. The van der Waals surface area contributed by atoms with E-state index in [2.05, 4.69) is 36.4 Å². The number of rotatable bonds is 11. The van der Waals surface area contributed by atoms with E-state index in [4.69, 9.17) is 9.84 Å². The Morgan fingerprint density at radius 2 is 1.79 bits per heavy atom. The zero-order valence-electron chi connectivity index (χ0n) is 20.1. The third kappa shape index (κ3) is 7.40. The predicted octanol–water partition coefficient (Wildman–Crippen LogP) is 2.39. The molecule has 0 radical (unpaired) electrons. The highest BCUT2D eigenvalue weighted by Crippen LogP contribution is 2.21. The van der Waals surface area contributed by atoms with Crippen molar-refractivity contribution in [3.8, 4) is 16.8 Å². The van der Waals surface area contributed by atoms with Gasteiger partial charge in [-0.3, -0.25) is 14.9 Å². The van der Waals surface area contributed by atoms with Crippen molar-refractivity contribution in [3.05, 3.63) is 78.4 Å². The molecule has 0 fully saturated rings. The summed E-state index contributed by atoms with van der Waals surface area (Å²) in [4.78, 5) is 34.7. The molecular formula is C25H24N8O5. The topological polar surface area (TPSA) is 174 Å². The van der Waals surface area contributed by atoms with Crippen LogP contribution in [0.1, 0.15) is 24.1 Å². The van der Waals surface area contributed by atoms with Crippen LogP contribution >= 0.6 is 0 Å². The molecule has 0 unspecified atom stereocenters. The highest BCUT2D eigenvalue weighted by atomic mass is 16.5. The van der Waals surface area contributed by atoms with E-state index in [9.17, 15) is 14.4 Å². The second-order valence-electron chi connectivity index (χ2n) is 8.08. The van der Waals surface area contributed by atoms with Gasteiger partial charge in [-0.05, 0) is 52.2 Å². The summed E-state index contributed by atoms with van der Waals surface area (Å²) in [6, 6.07) is 16.4. The van der Waals surface area contributed by atoms with Crippen molar-refractivity contribution in [2.24, 2.45) is 0 Å². The second-order valence-corrected chi connectivity index (χ2v) is 8.08. The van der Waals surface area contributed by atoms with Crippen molar-refractivity contribution in [3.63, 3.8) is 0 Å². The lowest BCUT2D eigenvalue weighted by Gasteiger charge is -2.09. The van der Waals surface area contributed by atoms with Crippen LogP contribution in [0.5, 0.6) is 0 Å². The van der Waals surface area contributed by atoms with Crippen molar-refractivity contribution in [1.29, 1.82) is 0 Å². The molecule has 2 heterocycles. The lowest BCUT2D eigenvalue weighted by molar-refractivity contribution is -0.137. The molecule has 0 spiro atoms. The number of aromatic nitrogens is 6. The van der Waals surface area contributed by atoms with Crippen LogP contribution < -0.4 is 10.6 Å². The van der Waals surface area contributed by atoms with Crippen LogP contribution in [-0.2, 0) is 27.3 Å². The Balaban J connectivity index is 1.28.